The third-order valence-corrected chi connectivity index (χ3v) is 4.55. The maximum absolute atomic E-state index is 13.3. The lowest BCUT2D eigenvalue weighted by Crippen LogP contribution is -2.40. The number of amides is 1. The van der Waals surface area contributed by atoms with Gasteiger partial charge in [-0.05, 0) is 25.0 Å². The maximum Gasteiger partial charge on any atom is 0.461 e. The van der Waals surface area contributed by atoms with Gasteiger partial charge in [0.2, 0.25) is 0 Å². The van der Waals surface area contributed by atoms with Gasteiger partial charge in [-0.2, -0.15) is 17.6 Å². The second kappa shape index (κ2) is 7.58. The second-order valence-electron chi connectivity index (χ2n) is 6.45. The summed E-state index contributed by atoms with van der Waals surface area (Å²) < 4.78 is 57.6. The Bertz CT molecular complexity index is 809. The molecule has 0 N–H and O–H groups in total. The molecule has 27 heavy (non-hydrogen) atoms. The highest BCUT2D eigenvalue weighted by Gasteiger charge is 2.44. The van der Waals surface area contributed by atoms with Crippen molar-refractivity contribution in [2.75, 3.05) is 13.1 Å². The summed E-state index contributed by atoms with van der Waals surface area (Å²) in [6.07, 6.45) is -3.62. The van der Waals surface area contributed by atoms with Crippen molar-refractivity contribution >= 4 is 5.91 Å². The average Bonchev–Trinajstić information content (AvgIpc) is 3.07. The van der Waals surface area contributed by atoms with Gasteiger partial charge < -0.3 is 14.2 Å². The molecule has 1 saturated heterocycles. The number of aromatic nitrogens is 2. The van der Waals surface area contributed by atoms with Gasteiger partial charge in [-0.25, -0.2) is 4.98 Å². The van der Waals surface area contributed by atoms with E-state index in [1.54, 1.807) is 6.20 Å². The number of rotatable bonds is 5. The molecule has 1 aliphatic heterocycles. The molecule has 1 fully saturated rings. The highest BCUT2D eigenvalue weighted by molar-refractivity contribution is 5.97. The van der Waals surface area contributed by atoms with Gasteiger partial charge in [0.15, 0.2) is 0 Å². The van der Waals surface area contributed by atoms with Crippen LogP contribution in [0.1, 0.15) is 34.9 Å². The molecular weight excluding hydrogens is 366 g/mol. The first-order valence-corrected chi connectivity index (χ1v) is 8.50. The predicted molar refractivity (Wildman–Crippen MR) is 89.1 cm³/mol. The number of carbonyl (C=O) groups excluding carboxylic acids is 1. The number of para-hydroxylation sites is 1. The van der Waals surface area contributed by atoms with Crippen molar-refractivity contribution in [3.63, 3.8) is 0 Å². The zero-order valence-corrected chi connectivity index (χ0v) is 14.6. The maximum atomic E-state index is 13.3. The van der Waals surface area contributed by atoms with Gasteiger partial charge in [0.05, 0.1) is 5.56 Å². The number of nitrogens with zero attached hydrogens (tertiary/aromatic N) is 3. The van der Waals surface area contributed by atoms with E-state index in [0.717, 1.165) is 24.7 Å². The van der Waals surface area contributed by atoms with Crippen molar-refractivity contribution in [3.8, 4) is 5.75 Å². The van der Waals surface area contributed by atoms with Crippen molar-refractivity contribution in [2.24, 2.45) is 7.05 Å². The van der Waals surface area contributed by atoms with E-state index in [1.807, 2.05) is 17.8 Å². The standard InChI is InChI=1S/C18H19F4N3O2/c1-24-10-8-23-15(24)12-5-4-9-25(11-12)16(26)13-6-2-3-7-14(13)27-18(21,22)17(19)20/h2-3,6-8,10,12,17H,4-5,9,11H2,1H3. The van der Waals surface area contributed by atoms with E-state index < -0.39 is 24.2 Å². The number of piperidine rings is 1. The molecule has 0 aliphatic carbocycles. The van der Waals surface area contributed by atoms with Crippen LogP contribution in [0.2, 0.25) is 0 Å². The summed E-state index contributed by atoms with van der Waals surface area (Å²) in [5, 5.41) is 0. The van der Waals surface area contributed by atoms with Gasteiger partial charge >= 0.3 is 12.5 Å². The van der Waals surface area contributed by atoms with Crippen LogP contribution in [0.4, 0.5) is 17.6 Å². The van der Waals surface area contributed by atoms with E-state index in [2.05, 4.69) is 9.72 Å². The summed E-state index contributed by atoms with van der Waals surface area (Å²) in [4.78, 5) is 18.7. The second-order valence-corrected chi connectivity index (χ2v) is 6.45. The molecule has 3 rings (SSSR count). The molecule has 1 aliphatic rings. The monoisotopic (exact) mass is 385 g/mol. The molecule has 0 bridgehead atoms. The molecule has 0 spiro atoms. The average molecular weight is 385 g/mol. The van der Waals surface area contributed by atoms with Crippen LogP contribution < -0.4 is 4.74 Å². The van der Waals surface area contributed by atoms with Crippen LogP contribution in [-0.4, -0.2) is 46.0 Å². The van der Waals surface area contributed by atoms with Crippen LogP contribution >= 0.6 is 0 Å². The fourth-order valence-electron chi connectivity index (χ4n) is 3.24. The largest absolute Gasteiger partial charge is 0.461 e. The zero-order chi connectivity index (χ0) is 19.6. The number of hydrogen-bond donors (Lipinski definition) is 0. The molecule has 2 aromatic rings. The van der Waals surface area contributed by atoms with Gasteiger partial charge in [0.1, 0.15) is 11.6 Å². The van der Waals surface area contributed by atoms with Crippen LogP contribution in [0.15, 0.2) is 36.7 Å². The number of alkyl halides is 4. The van der Waals surface area contributed by atoms with Crippen molar-refractivity contribution < 1.29 is 27.1 Å². The Balaban J connectivity index is 1.81. The van der Waals surface area contributed by atoms with Gasteiger partial charge in [-0.3, -0.25) is 4.79 Å². The summed E-state index contributed by atoms with van der Waals surface area (Å²) in [5.41, 5.74) is -0.168. The number of carbonyl (C=O) groups is 1. The normalized spacial score (nSPS) is 18.0. The van der Waals surface area contributed by atoms with Crippen LogP contribution in [0.25, 0.3) is 0 Å². The Morgan fingerprint density at radius 1 is 1.33 bits per heavy atom. The highest BCUT2D eigenvalue weighted by Crippen LogP contribution is 2.32. The van der Waals surface area contributed by atoms with E-state index in [9.17, 15) is 22.4 Å². The fourth-order valence-corrected chi connectivity index (χ4v) is 3.24. The fraction of sp³-hybridized carbons (Fsp3) is 0.444. The third kappa shape index (κ3) is 4.06. The van der Waals surface area contributed by atoms with E-state index in [4.69, 9.17) is 0 Å². The van der Waals surface area contributed by atoms with Crippen LogP contribution in [-0.2, 0) is 7.05 Å². The Morgan fingerprint density at radius 3 is 2.74 bits per heavy atom. The quantitative estimate of drug-likeness (QED) is 0.738. The summed E-state index contributed by atoms with van der Waals surface area (Å²) >= 11 is 0. The Hall–Kier alpha value is -2.58. The predicted octanol–water partition coefficient (Wildman–Crippen LogP) is 3.68. The first-order valence-electron chi connectivity index (χ1n) is 8.50. The number of aryl methyl sites for hydroxylation is 1. The number of likely N-dealkylation sites (tertiary alicyclic amines) is 1. The molecule has 2 heterocycles. The number of benzene rings is 1. The molecular formula is C18H19F4N3O2. The topological polar surface area (TPSA) is 47.4 Å². The first-order chi connectivity index (χ1) is 12.8. The Kier molecular flexibility index (Phi) is 5.38. The summed E-state index contributed by atoms with van der Waals surface area (Å²) in [6.45, 7) is 0.808. The van der Waals surface area contributed by atoms with Gasteiger partial charge in [0.25, 0.3) is 5.91 Å². The van der Waals surface area contributed by atoms with Crippen LogP contribution in [0.5, 0.6) is 5.75 Å². The minimum Gasteiger partial charge on any atom is -0.427 e. The lowest BCUT2D eigenvalue weighted by Gasteiger charge is -2.33. The molecule has 0 radical (unpaired) electrons. The zero-order valence-electron chi connectivity index (χ0n) is 14.6. The molecule has 1 aromatic carbocycles. The van der Waals surface area contributed by atoms with Crippen LogP contribution in [0, 0.1) is 0 Å². The number of ether oxygens (including phenoxy) is 1. The SMILES string of the molecule is Cn1ccnc1C1CCCN(C(=O)c2ccccc2OC(F)(F)C(F)F)C1. The lowest BCUT2D eigenvalue weighted by molar-refractivity contribution is -0.253. The Labute approximate surface area is 153 Å². The van der Waals surface area contributed by atoms with Gasteiger partial charge in [-0.1, -0.05) is 12.1 Å². The third-order valence-electron chi connectivity index (χ3n) is 4.55. The van der Waals surface area contributed by atoms with Gasteiger partial charge in [0, 0.05) is 38.4 Å². The summed E-state index contributed by atoms with van der Waals surface area (Å²) in [7, 11) is 1.86. The lowest BCUT2D eigenvalue weighted by atomic mass is 9.96. The van der Waals surface area contributed by atoms with Crippen molar-refractivity contribution in [1.82, 2.24) is 14.5 Å². The minimum absolute atomic E-state index is 0.0123. The van der Waals surface area contributed by atoms with Crippen molar-refractivity contribution in [1.29, 1.82) is 0 Å². The van der Waals surface area contributed by atoms with Gasteiger partial charge in [-0.15, -0.1) is 0 Å². The summed E-state index contributed by atoms with van der Waals surface area (Å²) in [6, 6.07) is 5.20. The van der Waals surface area contributed by atoms with E-state index in [-0.39, 0.29) is 11.5 Å². The number of hydrogen-bond acceptors (Lipinski definition) is 3. The molecule has 0 saturated carbocycles. The number of imidazole rings is 1. The first kappa shape index (κ1) is 19.2. The molecule has 9 heteroatoms. The molecule has 1 amide bonds. The van der Waals surface area contributed by atoms with E-state index >= 15 is 0 Å². The van der Waals surface area contributed by atoms with E-state index in [1.165, 1.54) is 23.1 Å². The highest BCUT2D eigenvalue weighted by atomic mass is 19.3. The summed E-state index contributed by atoms with van der Waals surface area (Å²) in [5.74, 6) is -0.249. The minimum atomic E-state index is -4.67. The van der Waals surface area contributed by atoms with E-state index in [0.29, 0.717) is 13.1 Å². The van der Waals surface area contributed by atoms with Crippen molar-refractivity contribution in [2.45, 2.75) is 31.3 Å². The molecule has 5 nitrogen and oxygen atoms in total. The molecule has 1 aromatic heterocycles. The molecule has 1 unspecified atom stereocenters. The molecule has 146 valence electrons. The number of halogens is 4. The van der Waals surface area contributed by atoms with Crippen molar-refractivity contribution in [3.05, 3.63) is 48.0 Å². The smallest absolute Gasteiger partial charge is 0.427 e. The molecule has 1 atom stereocenters. The van der Waals surface area contributed by atoms with Crippen LogP contribution in [0.3, 0.4) is 0 Å². The Morgan fingerprint density at radius 2 is 2.07 bits per heavy atom.